The monoisotopic (exact) mass is 273 g/mol. The summed E-state index contributed by atoms with van der Waals surface area (Å²) in [6.45, 7) is 3.41. The Balaban J connectivity index is 2.38. The number of aryl methyl sites for hydroxylation is 1. The van der Waals surface area contributed by atoms with Gasteiger partial charge in [0.1, 0.15) is 29.3 Å². The van der Waals surface area contributed by atoms with E-state index in [1.165, 1.54) is 12.1 Å². The van der Waals surface area contributed by atoms with E-state index in [9.17, 15) is 4.39 Å². The molecule has 0 aliphatic heterocycles. The zero-order valence-electron chi connectivity index (χ0n) is 10.9. The van der Waals surface area contributed by atoms with Gasteiger partial charge in [0.15, 0.2) is 0 Å². The van der Waals surface area contributed by atoms with Crippen molar-refractivity contribution in [3.8, 4) is 17.7 Å². The Kier molecular flexibility index (Phi) is 3.77. The molecule has 0 radical (unpaired) electrons. The number of ether oxygens (including phenoxy) is 1. The molecule has 0 aliphatic carbocycles. The molecule has 3 N–H and O–H groups in total. The van der Waals surface area contributed by atoms with Crippen molar-refractivity contribution < 1.29 is 9.13 Å². The van der Waals surface area contributed by atoms with Gasteiger partial charge in [-0.25, -0.2) is 15.2 Å². The van der Waals surface area contributed by atoms with E-state index in [1.807, 2.05) is 0 Å². The lowest BCUT2D eigenvalue weighted by Gasteiger charge is -2.11. The number of nitrogen functional groups attached to an aromatic ring is 1. The van der Waals surface area contributed by atoms with Gasteiger partial charge in [0, 0.05) is 6.07 Å². The summed E-state index contributed by atoms with van der Waals surface area (Å²) in [7, 11) is 0. The van der Waals surface area contributed by atoms with Gasteiger partial charge in [-0.05, 0) is 26.0 Å². The van der Waals surface area contributed by atoms with Crippen LogP contribution >= 0.6 is 0 Å². The maximum Gasteiger partial charge on any atom is 0.227 e. The van der Waals surface area contributed by atoms with Crippen molar-refractivity contribution in [3.63, 3.8) is 0 Å². The summed E-state index contributed by atoms with van der Waals surface area (Å²) in [5.74, 6) is 6.12. The van der Waals surface area contributed by atoms with E-state index in [0.29, 0.717) is 17.2 Å². The Labute approximate surface area is 115 Å². The molecule has 20 heavy (non-hydrogen) atoms. The van der Waals surface area contributed by atoms with Crippen LogP contribution in [0.15, 0.2) is 18.2 Å². The third-order valence-electron chi connectivity index (χ3n) is 2.63. The third-order valence-corrected chi connectivity index (χ3v) is 2.63. The van der Waals surface area contributed by atoms with Crippen LogP contribution in [0.25, 0.3) is 0 Å². The normalized spacial score (nSPS) is 9.95. The lowest BCUT2D eigenvalue weighted by Crippen LogP contribution is -2.12. The van der Waals surface area contributed by atoms with Gasteiger partial charge in [-0.3, -0.25) is 0 Å². The number of hydrogen-bond acceptors (Lipinski definition) is 6. The fourth-order valence-electron chi connectivity index (χ4n) is 1.60. The molecule has 0 saturated heterocycles. The van der Waals surface area contributed by atoms with Crippen LogP contribution in [-0.4, -0.2) is 9.97 Å². The number of nitriles is 1. The van der Waals surface area contributed by atoms with Crippen LogP contribution in [0.2, 0.25) is 0 Å². The summed E-state index contributed by atoms with van der Waals surface area (Å²) in [6, 6.07) is 5.71. The number of hydrogen-bond donors (Lipinski definition) is 2. The molecule has 0 unspecified atom stereocenters. The molecule has 0 saturated carbocycles. The highest BCUT2D eigenvalue weighted by atomic mass is 19.1. The first kappa shape index (κ1) is 13.7. The fraction of sp³-hybridized carbons (Fsp3) is 0.154. The SMILES string of the molecule is Cc1nc(NN)c(C)c(Oc2ccc(C#N)c(F)c2)n1. The molecular formula is C13H12FN5O. The Morgan fingerprint density at radius 1 is 1.35 bits per heavy atom. The number of nitrogens with zero attached hydrogens (tertiary/aromatic N) is 3. The van der Waals surface area contributed by atoms with Gasteiger partial charge in [0.05, 0.1) is 11.1 Å². The van der Waals surface area contributed by atoms with E-state index in [-0.39, 0.29) is 17.2 Å². The topological polar surface area (TPSA) is 96.9 Å². The minimum absolute atomic E-state index is 0.0442. The second-order valence-electron chi connectivity index (χ2n) is 4.05. The Morgan fingerprint density at radius 2 is 2.10 bits per heavy atom. The van der Waals surface area contributed by atoms with Crippen LogP contribution in [-0.2, 0) is 0 Å². The minimum atomic E-state index is -0.648. The maximum atomic E-state index is 13.5. The maximum absolute atomic E-state index is 13.5. The average molecular weight is 273 g/mol. The summed E-state index contributed by atoms with van der Waals surface area (Å²) < 4.78 is 19.0. The van der Waals surface area contributed by atoms with Gasteiger partial charge in [0.2, 0.25) is 5.88 Å². The number of rotatable bonds is 3. The summed E-state index contributed by atoms with van der Waals surface area (Å²) in [5.41, 5.74) is 3.00. The number of nitrogens with one attached hydrogen (secondary N) is 1. The van der Waals surface area contributed by atoms with E-state index >= 15 is 0 Å². The predicted molar refractivity (Wildman–Crippen MR) is 70.5 cm³/mol. The molecule has 6 nitrogen and oxygen atoms in total. The molecule has 7 heteroatoms. The Bertz CT molecular complexity index is 696. The van der Waals surface area contributed by atoms with E-state index in [0.717, 1.165) is 6.07 Å². The van der Waals surface area contributed by atoms with Crippen molar-refractivity contribution >= 4 is 5.82 Å². The molecule has 102 valence electrons. The van der Waals surface area contributed by atoms with Crippen LogP contribution in [0.4, 0.5) is 10.2 Å². The van der Waals surface area contributed by atoms with Crippen molar-refractivity contribution in [1.82, 2.24) is 9.97 Å². The highest BCUT2D eigenvalue weighted by Gasteiger charge is 2.11. The first-order chi connectivity index (χ1) is 9.55. The van der Waals surface area contributed by atoms with Crippen LogP contribution in [0.3, 0.4) is 0 Å². The number of aromatic nitrogens is 2. The number of hydrazine groups is 1. The fourth-order valence-corrected chi connectivity index (χ4v) is 1.60. The highest BCUT2D eigenvalue weighted by molar-refractivity contribution is 5.49. The standard InChI is InChI=1S/C13H12FN5O/c1-7-12(19-16)17-8(2)18-13(7)20-10-4-3-9(6-15)11(14)5-10/h3-5H,16H2,1-2H3,(H,17,18,19). The average Bonchev–Trinajstić information content (AvgIpc) is 2.42. The lowest BCUT2D eigenvalue weighted by atomic mass is 10.2. The Hall–Kier alpha value is -2.72. The van der Waals surface area contributed by atoms with E-state index < -0.39 is 5.82 Å². The molecule has 0 aliphatic rings. The van der Waals surface area contributed by atoms with E-state index in [2.05, 4.69) is 15.4 Å². The molecule has 1 aromatic heterocycles. The molecule has 1 aromatic carbocycles. The first-order valence-corrected chi connectivity index (χ1v) is 5.74. The largest absolute Gasteiger partial charge is 0.438 e. The predicted octanol–water partition coefficient (Wildman–Crippen LogP) is 2.18. The quantitative estimate of drug-likeness (QED) is 0.657. The summed E-state index contributed by atoms with van der Waals surface area (Å²) in [4.78, 5) is 8.23. The second-order valence-corrected chi connectivity index (χ2v) is 4.05. The number of nitrogens with two attached hydrogens (primary N) is 1. The van der Waals surface area contributed by atoms with Crippen LogP contribution in [0, 0.1) is 31.0 Å². The molecular weight excluding hydrogens is 261 g/mol. The van der Waals surface area contributed by atoms with E-state index in [1.54, 1.807) is 19.9 Å². The number of benzene rings is 1. The van der Waals surface area contributed by atoms with Crippen molar-refractivity contribution in [1.29, 1.82) is 5.26 Å². The molecule has 2 rings (SSSR count). The molecule has 0 bridgehead atoms. The van der Waals surface area contributed by atoms with Gasteiger partial charge >= 0.3 is 0 Å². The molecule has 0 amide bonds. The van der Waals surface area contributed by atoms with Crippen molar-refractivity contribution in [3.05, 3.63) is 41.0 Å². The lowest BCUT2D eigenvalue weighted by molar-refractivity contribution is 0.451. The molecule has 0 atom stereocenters. The van der Waals surface area contributed by atoms with Crippen LogP contribution in [0.5, 0.6) is 11.6 Å². The van der Waals surface area contributed by atoms with E-state index in [4.69, 9.17) is 15.8 Å². The molecule has 0 spiro atoms. The zero-order chi connectivity index (χ0) is 14.7. The highest BCUT2D eigenvalue weighted by Crippen LogP contribution is 2.27. The van der Waals surface area contributed by atoms with Gasteiger partial charge in [-0.15, -0.1) is 0 Å². The molecule has 2 aromatic rings. The van der Waals surface area contributed by atoms with Crippen molar-refractivity contribution in [2.45, 2.75) is 13.8 Å². The van der Waals surface area contributed by atoms with Crippen molar-refractivity contribution in [2.24, 2.45) is 5.84 Å². The number of anilines is 1. The van der Waals surface area contributed by atoms with Gasteiger partial charge in [-0.2, -0.15) is 10.2 Å². The summed E-state index contributed by atoms with van der Waals surface area (Å²) in [6.07, 6.45) is 0. The zero-order valence-corrected chi connectivity index (χ0v) is 10.9. The Morgan fingerprint density at radius 3 is 2.70 bits per heavy atom. The van der Waals surface area contributed by atoms with Crippen LogP contribution < -0.4 is 16.0 Å². The summed E-state index contributed by atoms with van der Waals surface area (Å²) >= 11 is 0. The first-order valence-electron chi connectivity index (χ1n) is 5.74. The number of halogens is 1. The second kappa shape index (κ2) is 5.50. The van der Waals surface area contributed by atoms with Gasteiger partial charge in [-0.1, -0.05) is 0 Å². The van der Waals surface area contributed by atoms with Gasteiger partial charge < -0.3 is 10.2 Å². The molecule has 0 fully saturated rings. The van der Waals surface area contributed by atoms with Crippen LogP contribution in [0.1, 0.15) is 17.0 Å². The summed E-state index contributed by atoms with van der Waals surface area (Å²) in [5, 5.41) is 8.67. The minimum Gasteiger partial charge on any atom is -0.438 e. The van der Waals surface area contributed by atoms with Gasteiger partial charge in [0.25, 0.3) is 0 Å². The molecule has 1 heterocycles. The van der Waals surface area contributed by atoms with Crippen molar-refractivity contribution in [2.75, 3.05) is 5.43 Å². The smallest absolute Gasteiger partial charge is 0.227 e. The third kappa shape index (κ3) is 2.65.